The zero-order valence-electron chi connectivity index (χ0n) is 11.7. The van der Waals surface area contributed by atoms with Crippen molar-refractivity contribution in [3.63, 3.8) is 0 Å². The molecule has 0 amide bonds. The Morgan fingerprint density at radius 3 is 2.84 bits per heavy atom. The smallest absolute Gasteiger partial charge is 0.140 e. The van der Waals surface area contributed by atoms with Gasteiger partial charge in [0.15, 0.2) is 0 Å². The average Bonchev–Trinajstić information content (AvgIpc) is 3.22. The van der Waals surface area contributed by atoms with E-state index in [2.05, 4.69) is 16.9 Å². The zero-order valence-corrected chi connectivity index (χ0v) is 12.6. The molecule has 2 saturated carbocycles. The van der Waals surface area contributed by atoms with Crippen molar-refractivity contribution in [3.05, 3.63) is 22.2 Å². The lowest BCUT2D eigenvalue weighted by molar-refractivity contribution is -0.0648. The van der Waals surface area contributed by atoms with E-state index in [0.717, 1.165) is 18.7 Å². The van der Waals surface area contributed by atoms with Crippen LogP contribution in [0.25, 0.3) is 0 Å². The molecule has 3 rings (SSSR count). The van der Waals surface area contributed by atoms with Crippen LogP contribution in [0, 0.1) is 10.6 Å². The molecule has 2 unspecified atom stereocenters. The van der Waals surface area contributed by atoms with E-state index in [1.165, 1.54) is 31.4 Å². The largest absolute Gasteiger partial charge is 0.370 e. The molecule has 1 aromatic heterocycles. The molecule has 1 heterocycles. The Morgan fingerprint density at radius 1 is 1.42 bits per heavy atom. The Labute approximate surface area is 119 Å². The van der Waals surface area contributed by atoms with Crippen molar-refractivity contribution in [1.82, 2.24) is 9.97 Å². The molecule has 2 aliphatic carbocycles. The van der Waals surface area contributed by atoms with Gasteiger partial charge in [0.2, 0.25) is 0 Å². The molecule has 0 aromatic carbocycles. The van der Waals surface area contributed by atoms with Gasteiger partial charge in [0.25, 0.3) is 0 Å². The van der Waals surface area contributed by atoms with E-state index in [1.807, 2.05) is 6.07 Å². The summed E-state index contributed by atoms with van der Waals surface area (Å²) in [5.74, 6) is 2.30. The average molecular weight is 278 g/mol. The van der Waals surface area contributed by atoms with Gasteiger partial charge in [-0.1, -0.05) is 25.6 Å². The maximum Gasteiger partial charge on any atom is 0.140 e. The Kier molecular flexibility index (Phi) is 3.48. The van der Waals surface area contributed by atoms with E-state index in [-0.39, 0.29) is 5.60 Å². The highest BCUT2D eigenvalue weighted by atomic mass is 32.1. The Morgan fingerprint density at radius 2 is 2.21 bits per heavy atom. The van der Waals surface area contributed by atoms with Crippen molar-refractivity contribution in [2.45, 2.75) is 57.0 Å². The molecule has 4 heteroatoms. The standard InChI is InChI=1S/C15H22N2OS/c1-10-4-3-7-15(9-10,18-2)14-16-12(11-5-6-11)8-13(19)17-14/h8,10-11H,3-7,9H2,1-2H3,(H,16,17,19). The number of aromatic nitrogens is 2. The van der Waals surface area contributed by atoms with E-state index in [0.29, 0.717) is 16.5 Å². The molecule has 0 saturated heterocycles. The van der Waals surface area contributed by atoms with Crippen molar-refractivity contribution in [1.29, 1.82) is 0 Å². The summed E-state index contributed by atoms with van der Waals surface area (Å²) in [5.41, 5.74) is 1.00. The SMILES string of the molecule is COC1(c2nc(=S)cc(C3CC3)[nH]2)CCCC(C)C1. The van der Waals surface area contributed by atoms with Crippen molar-refractivity contribution in [3.8, 4) is 0 Å². The van der Waals surface area contributed by atoms with Gasteiger partial charge in [-0.15, -0.1) is 0 Å². The number of ether oxygens (including phenoxy) is 1. The van der Waals surface area contributed by atoms with Gasteiger partial charge in [0, 0.05) is 12.8 Å². The van der Waals surface area contributed by atoms with E-state index >= 15 is 0 Å². The molecule has 0 bridgehead atoms. The highest BCUT2D eigenvalue weighted by molar-refractivity contribution is 7.71. The van der Waals surface area contributed by atoms with Gasteiger partial charge in [-0.25, -0.2) is 4.98 Å². The van der Waals surface area contributed by atoms with E-state index < -0.39 is 0 Å². The van der Waals surface area contributed by atoms with Crippen LogP contribution in [0.4, 0.5) is 0 Å². The Balaban J connectivity index is 2.00. The highest BCUT2D eigenvalue weighted by Gasteiger charge is 2.39. The third kappa shape index (κ3) is 2.61. The summed E-state index contributed by atoms with van der Waals surface area (Å²) in [6.45, 7) is 2.30. The first-order valence-corrected chi connectivity index (χ1v) is 7.71. The maximum atomic E-state index is 5.91. The molecule has 2 aliphatic rings. The first-order valence-electron chi connectivity index (χ1n) is 7.30. The van der Waals surface area contributed by atoms with Gasteiger partial charge in [-0.2, -0.15) is 0 Å². The summed E-state index contributed by atoms with van der Waals surface area (Å²) in [4.78, 5) is 8.11. The summed E-state index contributed by atoms with van der Waals surface area (Å²) in [6.07, 6.45) is 7.10. The predicted octanol–water partition coefficient (Wildman–Crippen LogP) is 4.07. The number of rotatable bonds is 3. The molecule has 2 atom stereocenters. The molecule has 0 aliphatic heterocycles. The lowest BCUT2D eigenvalue weighted by Gasteiger charge is -2.38. The Bertz CT molecular complexity index is 523. The van der Waals surface area contributed by atoms with Gasteiger partial charge in [-0.05, 0) is 50.0 Å². The number of aromatic amines is 1. The van der Waals surface area contributed by atoms with Gasteiger partial charge < -0.3 is 9.72 Å². The van der Waals surface area contributed by atoms with Crippen molar-refractivity contribution in [2.75, 3.05) is 7.11 Å². The normalized spacial score (nSPS) is 31.4. The fraction of sp³-hybridized carbons (Fsp3) is 0.733. The van der Waals surface area contributed by atoms with Crippen LogP contribution in [-0.4, -0.2) is 17.1 Å². The summed E-state index contributed by atoms with van der Waals surface area (Å²) < 4.78 is 6.60. The number of nitrogens with zero attached hydrogens (tertiary/aromatic N) is 1. The molecule has 104 valence electrons. The topological polar surface area (TPSA) is 37.9 Å². The van der Waals surface area contributed by atoms with E-state index in [4.69, 9.17) is 17.0 Å². The highest BCUT2D eigenvalue weighted by Crippen LogP contribution is 2.43. The second-order valence-corrected chi connectivity index (χ2v) is 6.62. The van der Waals surface area contributed by atoms with E-state index in [9.17, 15) is 0 Å². The van der Waals surface area contributed by atoms with Gasteiger partial charge in [0.1, 0.15) is 16.1 Å². The lowest BCUT2D eigenvalue weighted by atomic mass is 9.78. The van der Waals surface area contributed by atoms with Crippen LogP contribution in [0.3, 0.4) is 0 Å². The molecule has 3 nitrogen and oxygen atoms in total. The van der Waals surface area contributed by atoms with Crippen LogP contribution in [0.15, 0.2) is 6.07 Å². The first kappa shape index (κ1) is 13.3. The third-order valence-corrected chi connectivity index (χ3v) is 4.77. The van der Waals surface area contributed by atoms with Gasteiger partial charge >= 0.3 is 0 Å². The van der Waals surface area contributed by atoms with Crippen molar-refractivity contribution in [2.24, 2.45) is 5.92 Å². The van der Waals surface area contributed by atoms with Crippen molar-refractivity contribution < 1.29 is 4.74 Å². The van der Waals surface area contributed by atoms with Crippen LogP contribution in [-0.2, 0) is 10.3 Å². The fourth-order valence-electron chi connectivity index (χ4n) is 3.31. The van der Waals surface area contributed by atoms with Crippen LogP contribution >= 0.6 is 12.2 Å². The molecular weight excluding hydrogens is 256 g/mol. The third-order valence-electron chi connectivity index (χ3n) is 4.56. The number of nitrogens with one attached hydrogen (secondary N) is 1. The minimum absolute atomic E-state index is 0.254. The number of methoxy groups -OCH3 is 1. The van der Waals surface area contributed by atoms with Crippen LogP contribution in [0.2, 0.25) is 0 Å². The number of hydrogen-bond acceptors (Lipinski definition) is 3. The summed E-state index contributed by atoms with van der Waals surface area (Å²) in [5, 5.41) is 0. The second kappa shape index (κ2) is 4.98. The summed E-state index contributed by atoms with van der Waals surface area (Å²) >= 11 is 5.34. The molecule has 0 radical (unpaired) electrons. The molecule has 19 heavy (non-hydrogen) atoms. The van der Waals surface area contributed by atoms with Crippen LogP contribution < -0.4 is 0 Å². The monoisotopic (exact) mass is 278 g/mol. The summed E-state index contributed by atoms with van der Waals surface area (Å²) in [6, 6.07) is 2.02. The van der Waals surface area contributed by atoms with E-state index in [1.54, 1.807) is 7.11 Å². The van der Waals surface area contributed by atoms with Crippen LogP contribution in [0.5, 0.6) is 0 Å². The van der Waals surface area contributed by atoms with Crippen LogP contribution in [0.1, 0.15) is 62.9 Å². The molecule has 1 N–H and O–H groups in total. The molecule has 0 spiro atoms. The Hall–Kier alpha value is -0.740. The zero-order chi connectivity index (χ0) is 13.5. The number of H-pyrrole nitrogens is 1. The minimum atomic E-state index is -0.254. The quantitative estimate of drug-likeness (QED) is 0.847. The maximum absolute atomic E-state index is 5.91. The van der Waals surface area contributed by atoms with Gasteiger partial charge in [-0.3, -0.25) is 0 Å². The molecule has 2 fully saturated rings. The lowest BCUT2D eigenvalue weighted by Crippen LogP contribution is -2.36. The molecular formula is C15H22N2OS. The second-order valence-electron chi connectivity index (χ2n) is 6.20. The first-order chi connectivity index (χ1) is 9.13. The fourth-order valence-corrected chi connectivity index (χ4v) is 3.52. The number of hydrogen-bond donors (Lipinski definition) is 1. The molecule has 1 aromatic rings. The summed E-state index contributed by atoms with van der Waals surface area (Å²) in [7, 11) is 1.81. The van der Waals surface area contributed by atoms with Gasteiger partial charge in [0.05, 0.1) is 0 Å². The predicted molar refractivity (Wildman–Crippen MR) is 77.7 cm³/mol. The minimum Gasteiger partial charge on any atom is -0.370 e. The van der Waals surface area contributed by atoms with Crippen molar-refractivity contribution >= 4 is 12.2 Å².